The number of carbonyl (C=O) groups excluding carboxylic acids is 4. The number of esters is 1. The van der Waals surface area contributed by atoms with Crippen molar-refractivity contribution < 1.29 is 44.3 Å². The summed E-state index contributed by atoms with van der Waals surface area (Å²) in [6, 6.07) is 18.3. The van der Waals surface area contributed by atoms with Gasteiger partial charge in [-0.05, 0) is 90.0 Å². The second kappa shape index (κ2) is 14.6. The van der Waals surface area contributed by atoms with E-state index in [0.29, 0.717) is 24.9 Å². The van der Waals surface area contributed by atoms with Crippen LogP contribution in [0.4, 0.5) is 0 Å². The molecule has 53 heavy (non-hydrogen) atoms. The van der Waals surface area contributed by atoms with Gasteiger partial charge in [0, 0.05) is 24.0 Å². The molecule has 0 radical (unpaired) electrons. The molecule has 1 fully saturated rings. The van der Waals surface area contributed by atoms with Crippen molar-refractivity contribution in [3.63, 3.8) is 0 Å². The standard InChI is InChI=1S/C42H46N2O9/c1-5-24-13-12-23(20-44-30(41(51)53-6-2)17-22-10-8-7-9-11-22)16-27(24)26-14-15-31(45)34-28(26)18-25-19-29-32(21(3)4)36(46)35(40(43)50)39(49)42(29,52)38(48)33(25)37(34)47/h7-16,21,25,29-30,32,44-45,47,49,52H,5-6,17-20H2,1-4H3,(H2,43,50)/t25-,29-,30?,32-,42-/m0/s1. The van der Waals surface area contributed by atoms with Gasteiger partial charge in [-0.2, -0.15) is 0 Å². The fourth-order valence-electron chi connectivity index (χ4n) is 8.60. The Hall–Kier alpha value is -5.26. The summed E-state index contributed by atoms with van der Waals surface area (Å²) in [6.07, 6.45) is 1.31. The number of Topliss-reactive ketones (excluding diaryl/α,β-unsaturated/α-hetero) is 2. The molecule has 3 aromatic carbocycles. The maximum atomic E-state index is 14.3. The van der Waals surface area contributed by atoms with E-state index in [2.05, 4.69) is 5.32 Å². The number of benzene rings is 3. The third-order valence-corrected chi connectivity index (χ3v) is 11.1. The third-order valence-electron chi connectivity index (χ3n) is 11.1. The number of hydrogen-bond acceptors (Lipinski definition) is 10. The molecule has 3 aliphatic rings. The molecule has 11 nitrogen and oxygen atoms in total. The lowest BCUT2D eigenvalue weighted by Crippen LogP contribution is -2.62. The van der Waals surface area contributed by atoms with Gasteiger partial charge in [0.15, 0.2) is 11.4 Å². The molecule has 278 valence electrons. The van der Waals surface area contributed by atoms with Crippen LogP contribution in [0.1, 0.15) is 61.9 Å². The second-order valence-corrected chi connectivity index (χ2v) is 14.5. The average Bonchev–Trinajstić information content (AvgIpc) is 3.12. The van der Waals surface area contributed by atoms with Crippen molar-refractivity contribution in [2.24, 2.45) is 29.4 Å². The van der Waals surface area contributed by atoms with Gasteiger partial charge in [-0.15, -0.1) is 0 Å². The van der Waals surface area contributed by atoms with E-state index in [4.69, 9.17) is 10.5 Å². The first-order valence-corrected chi connectivity index (χ1v) is 18.1. The molecule has 5 atom stereocenters. The van der Waals surface area contributed by atoms with Crippen LogP contribution in [0.5, 0.6) is 5.75 Å². The topological polar surface area (TPSA) is 196 Å². The van der Waals surface area contributed by atoms with Crippen LogP contribution in [-0.2, 0) is 49.7 Å². The summed E-state index contributed by atoms with van der Waals surface area (Å²) in [5.41, 5.74) is 6.82. The molecule has 1 unspecified atom stereocenters. The minimum absolute atomic E-state index is 0.0299. The van der Waals surface area contributed by atoms with Gasteiger partial charge in [-0.1, -0.05) is 69.3 Å². The molecule has 11 heteroatoms. The molecule has 7 N–H and O–H groups in total. The summed E-state index contributed by atoms with van der Waals surface area (Å²) in [7, 11) is 0. The molecule has 0 spiro atoms. The Balaban J connectivity index is 1.41. The van der Waals surface area contributed by atoms with Gasteiger partial charge in [0.05, 0.1) is 12.2 Å². The Kier molecular flexibility index (Phi) is 10.4. The molecule has 0 aliphatic heterocycles. The molecular formula is C42H46N2O9. The number of primary amides is 1. The Morgan fingerprint density at radius 3 is 2.34 bits per heavy atom. The molecule has 3 aliphatic carbocycles. The summed E-state index contributed by atoms with van der Waals surface area (Å²) >= 11 is 0. The van der Waals surface area contributed by atoms with Gasteiger partial charge in [-0.25, -0.2) is 0 Å². The number of hydrogen-bond donors (Lipinski definition) is 6. The minimum atomic E-state index is -2.67. The lowest BCUT2D eigenvalue weighted by molar-refractivity contribution is -0.155. The van der Waals surface area contributed by atoms with Crippen LogP contribution in [0.25, 0.3) is 16.9 Å². The first-order chi connectivity index (χ1) is 25.2. The number of aliphatic hydroxyl groups is 3. The van der Waals surface area contributed by atoms with E-state index in [1.165, 1.54) is 6.07 Å². The number of ether oxygens (including phenoxy) is 1. The van der Waals surface area contributed by atoms with Crippen molar-refractivity contribution in [3.8, 4) is 16.9 Å². The maximum absolute atomic E-state index is 14.3. The van der Waals surface area contributed by atoms with E-state index in [9.17, 15) is 39.6 Å². The van der Waals surface area contributed by atoms with Crippen molar-refractivity contribution >= 4 is 29.2 Å². The highest BCUT2D eigenvalue weighted by Crippen LogP contribution is 2.55. The smallest absolute Gasteiger partial charge is 0.323 e. The van der Waals surface area contributed by atoms with Gasteiger partial charge >= 0.3 is 5.97 Å². The monoisotopic (exact) mass is 722 g/mol. The Labute approximate surface area is 308 Å². The Morgan fingerprint density at radius 1 is 0.981 bits per heavy atom. The molecule has 6 rings (SSSR count). The van der Waals surface area contributed by atoms with Crippen molar-refractivity contribution in [2.45, 2.75) is 71.6 Å². The number of amides is 1. The molecule has 0 bridgehead atoms. The van der Waals surface area contributed by atoms with E-state index >= 15 is 0 Å². The number of phenols is 1. The number of phenolic OH excluding ortho intramolecular Hbond substituents is 1. The van der Waals surface area contributed by atoms with Crippen LogP contribution in [-0.4, -0.2) is 62.1 Å². The van der Waals surface area contributed by atoms with Crippen LogP contribution in [0.15, 0.2) is 77.6 Å². The van der Waals surface area contributed by atoms with Crippen molar-refractivity contribution in [1.82, 2.24) is 5.32 Å². The zero-order valence-corrected chi connectivity index (χ0v) is 30.3. The number of aromatic hydroxyl groups is 1. The van der Waals surface area contributed by atoms with E-state index in [-0.39, 0.29) is 42.3 Å². The van der Waals surface area contributed by atoms with Crippen molar-refractivity contribution in [2.75, 3.05) is 6.61 Å². The third kappa shape index (κ3) is 6.42. The zero-order valence-electron chi connectivity index (χ0n) is 30.3. The van der Waals surface area contributed by atoms with Gasteiger partial charge < -0.3 is 36.2 Å². The number of nitrogens with two attached hydrogens (primary N) is 1. The highest BCUT2D eigenvalue weighted by Gasteiger charge is 2.64. The average molecular weight is 723 g/mol. The molecular weight excluding hydrogens is 676 g/mol. The maximum Gasteiger partial charge on any atom is 0.323 e. The molecule has 3 aromatic rings. The lowest BCUT2D eigenvalue weighted by Gasteiger charge is -2.50. The number of rotatable bonds is 11. The summed E-state index contributed by atoms with van der Waals surface area (Å²) in [6.45, 7) is 7.84. The summed E-state index contributed by atoms with van der Waals surface area (Å²) < 4.78 is 5.37. The number of ketones is 2. The highest BCUT2D eigenvalue weighted by molar-refractivity contribution is 6.23. The predicted octanol–water partition coefficient (Wildman–Crippen LogP) is 4.80. The summed E-state index contributed by atoms with van der Waals surface area (Å²) in [5.74, 6) is -8.50. The number of nitrogens with one attached hydrogen (secondary N) is 1. The minimum Gasteiger partial charge on any atom is -0.508 e. The number of fused-ring (bicyclic) bond motifs is 3. The fourth-order valence-corrected chi connectivity index (χ4v) is 8.60. The van der Waals surface area contributed by atoms with E-state index in [1.807, 2.05) is 55.5 Å². The van der Waals surface area contributed by atoms with E-state index in [0.717, 1.165) is 27.8 Å². The van der Waals surface area contributed by atoms with E-state index < -0.39 is 69.9 Å². The van der Waals surface area contributed by atoms with Crippen LogP contribution in [0, 0.1) is 23.7 Å². The number of carbonyl (C=O) groups is 4. The van der Waals surface area contributed by atoms with Crippen molar-refractivity contribution in [3.05, 3.63) is 105 Å². The quantitative estimate of drug-likeness (QED) is 0.118. The molecule has 0 heterocycles. The van der Waals surface area contributed by atoms with Gasteiger partial charge in [0.1, 0.15) is 28.9 Å². The zero-order chi connectivity index (χ0) is 38.4. The van der Waals surface area contributed by atoms with Gasteiger partial charge in [0.25, 0.3) is 5.91 Å². The van der Waals surface area contributed by atoms with Gasteiger partial charge in [0.2, 0.25) is 5.78 Å². The highest BCUT2D eigenvalue weighted by atomic mass is 16.5. The molecule has 1 saturated carbocycles. The first kappa shape index (κ1) is 37.5. The van der Waals surface area contributed by atoms with Crippen LogP contribution < -0.4 is 11.1 Å². The van der Waals surface area contributed by atoms with E-state index in [1.54, 1.807) is 26.8 Å². The van der Waals surface area contributed by atoms with Crippen LogP contribution in [0.3, 0.4) is 0 Å². The first-order valence-electron chi connectivity index (χ1n) is 18.1. The summed E-state index contributed by atoms with van der Waals surface area (Å²) in [4.78, 5) is 53.1. The SMILES string of the molecule is CCOC(=O)C(Cc1ccccc1)NCc1ccc(CC)c(-c2ccc(O)c3c2C[C@H]2C[C@H]4[C@H](C(C)C)C(=O)C(C(N)=O)=C(O)[C@@]4(O)C(=O)C2=C3O)c1. The number of aryl methyl sites for hydroxylation is 1. The normalized spacial score (nSPS) is 23.0. The number of aliphatic hydroxyl groups excluding tert-OH is 2. The molecule has 0 saturated heterocycles. The fraction of sp³-hybridized carbons (Fsp3) is 0.381. The van der Waals surface area contributed by atoms with Crippen LogP contribution >= 0.6 is 0 Å². The second-order valence-electron chi connectivity index (χ2n) is 14.5. The largest absolute Gasteiger partial charge is 0.508 e. The lowest BCUT2D eigenvalue weighted by atomic mass is 9.54. The van der Waals surface area contributed by atoms with Crippen LogP contribution in [0.2, 0.25) is 0 Å². The van der Waals surface area contributed by atoms with Crippen molar-refractivity contribution in [1.29, 1.82) is 0 Å². The Morgan fingerprint density at radius 2 is 1.70 bits per heavy atom. The van der Waals surface area contributed by atoms with Gasteiger partial charge in [-0.3, -0.25) is 19.2 Å². The molecule has 1 amide bonds. The Bertz CT molecular complexity index is 2050. The molecule has 0 aromatic heterocycles. The predicted molar refractivity (Wildman–Crippen MR) is 197 cm³/mol. The summed E-state index contributed by atoms with van der Waals surface area (Å²) in [5, 5.41) is 49.4.